The molecule has 1 atom stereocenters. The molecule has 2 amide bonds. The fourth-order valence-electron chi connectivity index (χ4n) is 4.44. The minimum atomic E-state index is -1.33. The van der Waals surface area contributed by atoms with E-state index in [1.54, 1.807) is 0 Å². The van der Waals surface area contributed by atoms with Gasteiger partial charge in [-0.3, -0.25) is 9.59 Å². The summed E-state index contributed by atoms with van der Waals surface area (Å²) in [6.07, 6.45) is 12.7. The molecule has 0 aromatic carbocycles. The Balaban J connectivity index is 2.42. The van der Waals surface area contributed by atoms with Gasteiger partial charge in [0.2, 0.25) is 18.4 Å². The van der Waals surface area contributed by atoms with Crippen molar-refractivity contribution in [3.8, 4) is 12.3 Å². The van der Waals surface area contributed by atoms with Gasteiger partial charge in [0.15, 0.2) is 0 Å². The molecule has 9 heteroatoms. The van der Waals surface area contributed by atoms with Gasteiger partial charge in [-0.25, -0.2) is 11.2 Å². The molecule has 1 aliphatic rings. The molecule has 0 aromatic rings. The van der Waals surface area contributed by atoms with Crippen LogP contribution in [0.2, 0.25) is 0 Å². The highest BCUT2D eigenvalue weighted by atomic mass is 31.2. The second-order valence-corrected chi connectivity index (χ2v) is 12.2. The van der Waals surface area contributed by atoms with Crippen molar-refractivity contribution in [1.29, 1.82) is 0 Å². The molecule has 0 saturated carbocycles. The number of rotatable bonds is 19. The highest BCUT2D eigenvalue weighted by Gasteiger charge is 2.35. The predicted molar refractivity (Wildman–Crippen MR) is 155 cm³/mol. The van der Waals surface area contributed by atoms with Crippen molar-refractivity contribution in [3.05, 3.63) is 11.4 Å². The Morgan fingerprint density at radius 1 is 1.13 bits per heavy atom. The topological polar surface area (TPSA) is 75.5 Å². The van der Waals surface area contributed by atoms with Crippen molar-refractivity contribution < 1.29 is 20.0 Å². The van der Waals surface area contributed by atoms with Crippen molar-refractivity contribution in [2.75, 3.05) is 39.4 Å². The summed E-state index contributed by atoms with van der Waals surface area (Å²) in [5.41, 5.74) is -0.292. The van der Waals surface area contributed by atoms with Gasteiger partial charge in [0.05, 0.1) is 6.61 Å². The standard InChI is InChI=1S/C29H51N4O4P/c1-8-9-10-12-15-27(34)31-19-14-11-13-16-28(35)32-21-17-29(6,18-22-32)24-37-38(36-23-20-30-7)33(25(2)3)26(4)5/h1,25-26H,9-24H2,2-6H3,(H,31,34)/i6T. The number of nitrogens with zero attached hydrogens (tertiary/aromatic N) is 3. The average molecular weight is 553 g/mol. The maximum atomic E-state index is 12.8. The highest BCUT2D eigenvalue weighted by Crippen LogP contribution is 2.48. The lowest BCUT2D eigenvalue weighted by Crippen LogP contribution is -2.44. The fraction of sp³-hybridized carbons (Fsp3) is 0.828. The molecule has 1 rings (SSSR count). The lowest BCUT2D eigenvalue weighted by Gasteiger charge is -2.41. The smallest absolute Gasteiger partial charge is 0.259 e. The van der Waals surface area contributed by atoms with Crippen LogP contribution in [0.4, 0.5) is 0 Å². The molecule has 1 heterocycles. The van der Waals surface area contributed by atoms with Crippen LogP contribution in [0.1, 0.15) is 100 Å². The first kappa shape index (κ1) is 32.5. The fourth-order valence-corrected chi connectivity index (χ4v) is 6.16. The van der Waals surface area contributed by atoms with Crippen molar-refractivity contribution in [1.82, 2.24) is 14.9 Å². The minimum absolute atomic E-state index is 0.0712. The number of likely N-dealkylation sites (tertiary alicyclic amines) is 1. The van der Waals surface area contributed by atoms with Crippen LogP contribution in [0.3, 0.4) is 0 Å². The van der Waals surface area contributed by atoms with E-state index in [1.807, 2.05) is 4.90 Å². The van der Waals surface area contributed by atoms with E-state index in [9.17, 15) is 9.59 Å². The second-order valence-electron chi connectivity index (χ2n) is 10.7. The lowest BCUT2D eigenvalue weighted by atomic mass is 9.81. The summed E-state index contributed by atoms with van der Waals surface area (Å²) in [6.45, 7) is 18.7. The molecule has 0 radical (unpaired) electrons. The third-order valence-corrected chi connectivity index (χ3v) is 8.73. The summed E-state index contributed by atoms with van der Waals surface area (Å²) in [6, 6.07) is 0.465. The largest absolute Gasteiger partial charge is 0.356 e. The van der Waals surface area contributed by atoms with Crippen molar-refractivity contribution >= 4 is 20.3 Å². The summed E-state index contributed by atoms with van der Waals surface area (Å²) in [5, 5.41) is 2.94. The highest BCUT2D eigenvalue weighted by molar-refractivity contribution is 7.44. The van der Waals surface area contributed by atoms with Gasteiger partial charge >= 0.3 is 0 Å². The number of carbonyl (C=O) groups excluding carboxylic acids is 2. The van der Waals surface area contributed by atoms with Crippen LogP contribution in [0, 0.1) is 24.3 Å². The third-order valence-electron chi connectivity index (χ3n) is 6.67. The average Bonchev–Trinajstić information content (AvgIpc) is 2.91. The van der Waals surface area contributed by atoms with E-state index in [0.29, 0.717) is 58.7 Å². The maximum Gasteiger partial charge on any atom is 0.259 e. The molecule has 216 valence electrons. The molecule has 1 N–H and O–H groups in total. The maximum absolute atomic E-state index is 12.8. The number of piperidine rings is 1. The Morgan fingerprint density at radius 3 is 2.42 bits per heavy atom. The van der Waals surface area contributed by atoms with Gasteiger partial charge in [-0.2, -0.15) is 0 Å². The van der Waals surface area contributed by atoms with Gasteiger partial charge in [0.1, 0.15) is 6.61 Å². The van der Waals surface area contributed by atoms with E-state index < -0.39 is 8.53 Å². The van der Waals surface area contributed by atoms with Gasteiger partial charge < -0.3 is 24.1 Å². The summed E-state index contributed by atoms with van der Waals surface area (Å²) in [4.78, 5) is 29.9. The molecule has 1 aliphatic heterocycles. The van der Waals surface area contributed by atoms with E-state index in [1.165, 1.54) is 0 Å². The Hall–Kier alpha value is -1.70. The molecule has 1 unspecified atom stereocenters. The zero-order chi connectivity index (χ0) is 29.1. The second kappa shape index (κ2) is 19.4. The van der Waals surface area contributed by atoms with E-state index >= 15 is 0 Å². The van der Waals surface area contributed by atoms with E-state index in [2.05, 4.69) is 48.4 Å². The molecule has 8 nitrogen and oxygen atoms in total. The quantitative estimate of drug-likeness (QED) is 0.0951. The molecular formula is C29H51N4O4P. The zero-order valence-electron chi connectivity index (χ0n) is 25.2. The number of unbranched alkanes of at least 4 members (excludes halogenated alkanes) is 4. The first-order valence-corrected chi connectivity index (χ1v) is 15.3. The Bertz CT molecular complexity index is 783. The molecule has 1 fully saturated rings. The van der Waals surface area contributed by atoms with Crippen LogP contribution in [0.25, 0.3) is 4.85 Å². The van der Waals surface area contributed by atoms with Gasteiger partial charge in [-0.1, -0.05) is 13.3 Å². The number of hydrogen-bond donors (Lipinski definition) is 1. The van der Waals surface area contributed by atoms with Crippen molar-refractivity contribution in [2.24, 2.45) is 5.41 Å². The molecule has 38 heavy (non-hydrogen) atoms. The third kappa shape index (κ3) is 13.9. The van der Waals surface area contributed by atoms with E-state index in [4.69, 9.17) is 23.4 Å². The lowest BCUT2D eigenvalue weighted by molar-refractivity contribution is -0.134. The SMILES string of the molecule is [3H]CC1(COP(OCC[N+]#[C-])N(C(C)C)C(C)C)CCN(C(=O)CCCCCNC(=O)CCCCC#C)CC1. The van der Waals surface area contributed by atoms with E-state index in [-0.39, 0.29) is 36.2 Å². The number of hydrogen-bond acceptors (Lipinski definition) is 5. The molecule has 0 aliphatic carbocycles. The Kier molecular flexibility index (Phi) is 16.6. The zero-order valence-corrected chi connectivity index (χ0v) is 25.1. The summed E-state index contributed by atoms with van der Waals surface area (Å²) in [7, 11) is -1.33. The molecule has 0 bridgehead atoms. The van der Waals surface area contributed by atoms with Crippen LogP contribution < -0.4 is 5.32 Å². The minimum Gasteiger partial charge on any atom is -0.356 e. The van der Waals surface area contributed by atoms with Gasteiger partial charge in [0.25, 0.3) is 8.53 Å². The van der Waals surface area contributed by atoms with Crippen LogP contribution >= 0.6 is 8.53 Å². The molecule has 0 aromatic heterocycles. The number of amides is 2. The van der Waals surface area contributed by atoms with Crippen LogP contribution in [0.15, 0.2) is 0 Å². The predicted octanol–water partition coefficient (Wildman–Crippen LogP) is 5.78. The monoisotopic (exact) mass is 552 g/mol. The van der Waals surface area contributed by atoms with Crippen molar-refractivity contribution in [3.63, 3.8) is 0 Å². The van der Waals surface area contributed by atoms with Crippen LogP contribution in [-0.4, -0.2) is 72.9 Å². The summed E-state index contributed by atoms with van der Waals surface area (Å²) in [5.74, 6) is 2.83. The Morgan fingerprint density at radius 2 is 1.82 bits per heavy atom. The van der Waals surface area contributed by atoms with Gasteiger partial charge in [-0.05, 0) is 71.6 Å². The van der Waals surface area contributed by atoms with Crippen LogP contribution in [-0.2, 0) is 18.6 Å². The van der Waals surface area contributed by atoms with Gasteiger partial charge in [0, 0.05) is 52.4 Å². The van der Waals surface area contributed by atoms with E-state index in [0.717, 1.165) is 44.9 Å². The Labute approximate surface area is 234 Å². The first-order chi connectivity index (χ1) is 18.7. The number of carbonyl (C=O) groups is 2. The normalized spacial score (nSPS) is 16.2. The number of terminal acetylenes is 1. The molecule has 0 spiro atoms. The first-order valence-electron chi connectivity index (χ1n) is 14.8. The number of nitrogens with one attached hydrogen (secondary N) is 1. The summed E-state index contributed by atoms with van der Waals surface area (Å²) < 4.78 is 22.8. The molecule has 1 saturated heterocycles. The van der Waals surface area contributed by atoms with Crippen molar-refractivity contribution in [2.45, 2.75) is 111 Å². The summed E-state index contributed by atoms with van der Waals surface area (Å²) >= 11 is 0. The molecular weight excluding hydrogens is 499 g/mol. The van der Waals surface area contributed by atoms with Gasteiger partial charge in [-0.15, -0.1) is 12.3 Å². The van der Waals surface area contributed by atoms with Crippen LogP contribution in [0.5, 0.6) is 0 Å².